The lowest BCUT2D eigenvalue weighted by atomic mass is 9.79. The van der Waals surface area contributed by atoms with Crippen molar-refractivity contribution in [2.75, 3.05) is 19.6 Å². The number of amides is 2. The average molecular weight is 510 g/mol. The number of nitrogens with zero attached hydrogens (tertiary/aromatic N) is 2. The van der Waals surface area contributed by atoms with Gasteiger partial charge in [0, 0.05) is 47.8 Å². The molecule has 11 nitrogen and oxygen atoms in total. The lowest BCUT2D eigenvalue weighted by Gasteiger charge is -2.46. The molecule has 0 aliphatic carbocycles. The highest BCUT2D eigenvalue weighted by atomic mass is 32.2. The lowest BCUT2D eigenvalue weighted by Crippen LogP contribution is -2.63. The van der Waals surface area contributed by atoms with Crippen molar-refractivity contribution in [3.8, 4) is 0 Å². The summed E-state index contributed by atoms with van der Waals surface area (Å²) in [4.78, 5) is 40.8. The number of nitrogens with one attached hydrogen (secondary N) is 3. The molecule has 0 spiro atoms. The zero-order valence-corrected chi connectivity index (χ0v) is 21.0. The SMILES string of the molecule is CC(=N)N1CC[C@H](NC(=O)CC(O)[C@@H]2C[C@H](SC3=C(C(=O)O)N4C(=O)[C@H]([C@@H](C)O)[C@H]4[C@H]3C)CN2)C1. The molecule has 0 bridgehead atoms. The number of carboxylic acids is 1. The van der Waals surface area contributed by atoms with Crippen LogP contribution in [0.3, 0.4) is 0 Å². The summed E-state index contributed by atoms with van der Waals surface area (Å²) in [6, 6.07) is -0.672. The van der Waals surface area contributed by atoms with Gasteiger partial charge < -0.3 is 35.8 Å². The van der Waals surface area contributed by atoms with Crippen LogP contribution in [0, 0.1) is 17.2 Å². The fourth-order valence-electron chi connectivity index (χ4n) is 5.78. The van der Waals surface area contributed by atoms with Crippen molar-refractivity contribution in [1.29, 1.82) is 5.41 Å². The molecule has 8 atom stereocenters. The van der Waals surface area contributed by atoms with Gasteiger partial charge in [-0.25, -0.2) is 4.79 Å². The predicted octanol–water partition coefficient (Wildman–Crippen LogP) is -0.458. The average Bonchev–Trinajstić information content (AvgIpc) is 3.47. The summed E-state index contributed by atoms with van der Waals surface area (Å²) in [7, 11) is 0. The molecule has 4 rings (SSSR count). The smallest absolute Gasteiger partial charge is 0.353 e. The van der Waals surface area contributed by atoms with E-state index in [1.165, 1.54) is 16.7 Å². The molecule has 3 saturated heterocycles. The summed E-state index contributed by atoms with van der Waals surface area (Å²) in [5, 5.41) is 44.3. The lowest BCUT2D eigenvalue weighted by molar-refractivity contribution is -0.163. The molecule has 12 heteroatoms. The second-order valence-electron chi connectivity index (χ2n) is 10.1. The maximum Gasteiger partial charge on any atom is 0.353 e. The molecule has 0 aromatic rings. The number of carbonyl (C=O) groups excluding carboxylic acids is 2. The number of amidine groups is 1. The number of aliphatic carboxylic acids is 1. The highest BCUT2D eigenvalue weighted by Crippen LogP contribution is 2.51. The third kappa shape index (κ3) is 4.93. The standard InChI is InChI=1S/C23H35N5O6S/c1-10-19-18(11(2)29)22(32)28(19)20(23(33)34)21(10)35-14-6-15(25-8-14)16(30)7-17(31)26-13-4-5-27(9-13)12(3)24/h10-11,13-16,18-19,24-25,29-30H,4-9H2,1-3H3,(H,26,31)(H,33,34)/t10-,11-,13+,14+,15+,16?,18-,19-/m1/s1. The fraction of sp³-hybridized carbons (Fsp3) is 0.739. The number of β-lactam (4-membered cyclic amide) rings is 1. The number of likely N-dealkylation sites (tertiary alicyclic amines) is 1. The van der Waals surface area contributed by atoms with Crippen LogP contribution in [0.1, 0.15) is 40.0 Å². The van der Waals surface area contributed by atoms with E-state index in [0.29, 0.717) is 30.3 Å². The minimum absolute atomic E-state index is 0.00328. The number of carboxylic acid groups (broad SMARTS) is 1. The van der Waals surface area contributed by atoms with Gasteiger partial charge in [0.15, 0.2) is 0 Å². The number of aliphatic hydroxyl groups excluding tert-OH is 2. The number of hydrogen-bond acceptors (Lipinski definition) is 8. The molecule has 35 heavy (non-hydrogen) atoms. The fourth-order valence-corrected chi connectivity index (χ4v) is 7.27. The van der Waals surface area contributed by atoms with Crippen LogP contribution in [-0.4, -0.2) is 104 Å². The van der Waals surface area contributed by atoms with E-state index in [0.717, 1.165) is 13.0 Å². The first-order chi connectivity index (χ1) is 16.5. The van der Waals surface area contributed by atoms with E-state index in [9.17, 15) is 29.7 Å². The van der Waals surface area contributed by atoms with Crippen LogP contribution in [0.25, 0.3) is 0 Å². The number of hydrogen-bond donors (Lipinski definition) is 6. The van der Waals surface area contributed by atoms with Crippen LogP contribution in [-0.2, 0) is 14.4 Å². The van der Waals surface area contributed by atoms with Gasteiger partial charge in [-0.2, -0.15) is 0 Å². The Hall–Kier alpha value is -2.15. The van der Waals surface area contributed by atoms with Gasteiger partial charge in [0.25, 0.3) is 0 Å². The molecule has 1 unspecified atom stereocenters. The first-order valence-corrected chi connectivity index (χ1v) is 13.0. The zero-order valence-electron chi connectivity index (χ0n) is 20.2. The third-order valence-electron chi connectivity index (χ3n) is 7.62. The maximum absolute atomic E-state index is 12.5. The molecule has 4 aliphatic rings. The Balaban J connectivity index is 1.32. The molecule has 3 fully saturated rings. The molecule has 4 heterocycles. The number of aliphatic hydroxyl groups is 2. The van der Waals surface area contributed by atoms with Crippen LogP contribution in [0.2, 0.25) is 0 Å². The van der Waals surface area contributed by atoms with Crippen molar-refractivity contribution in [3.63, 3.8) is 0 Å². The van der Waals surface area contributed by atoms with E-state index in [1.807, 2.05) is 11.8 Å². The van der Waals surface area contributed by atoms with Gasteiger partial charge in [-0.05, 0) is 26.7 Å². The minimum atomic E-state index is -1.15. The summed E-state index contributed by atoms with van der Waals surface area (Å²) in [5.74, 6) is -2.04. The minimum Gasteiger partial charge on any atom is -0.477 e. The summed E-state index contributed by atoms with van der Waals surface area (Å²) in [6.45, 7) is 7.06. The molecule has 4 aliphatic heterocycles. The summed E-state index contributed by atoms with van der Waals surface area (Å²) in [6.07, 6.45) is -0.419. The Bertz CT molecular complexity index is 941. The molecule has 2 amide bonds. The van der Waals surface area contributed by atoms with E-state index in [2.05, 4.69) is 10.6 Å². The van der Waals surface area contributed by atoms with Gasteiger partial charge in [0.05, 0.1) is 36.4 Å². The quantitative estimate of drug-likeness (QED) is 0.144. The Kier molecular flexibility index (Phi) is 7.46. The van der Waals surface area contributed by atoms with Crippen molar-refractivity contribution in [2.45, 2.75) is 75.6 Å². The molecular formula is C23H35N5O6S. The van der Waals surface area contributed by atoms with Crippen molar-refractivity contribution < 1.29 is 29.7 Å². The topological polar surface area (TPSA) is 166 Å². The molecule has 194 valence electrons. The number of fused-ring (bicyclic) bond motifs is 1. The van der Waals surface area contributed by atoms with Crippen LogP contribution in [0.4, 0.5) is 0 Å². The summed E-state index contributed by atoms with van der Waals surface area (Å²) in [5.41, 5.74) is 0.00328. The van der Waals surface area contributed by atoms with E-state index < -0.39 is 24.1 Å². The molecule has 0 saturated carbocycles. The number of thioether (sulfide) groups is 1. The van der Waals surface area contributed by atoms with E-state index in [1.54, 1.807) is 13.8 Å². The van der Waals surface area contributed by atoms with Gasteiger partial charge in [0.1, 0.15) is 5.70 Å². The van der Waals surface area contributed by atoms with Crippen LogP contribution < -0.4 is 10.6 Å². The second-order valence-corrected chi connectivity index (χ2v) is 11.5. The first-order valence-electron chi connectivity index (χ1n) is 12.2. The molecule has 0 aromatic carbocycles. The van der Waals surface area contributed by atoms with Crippen molar-refractivity contribution in [2.24, 2.45) is 11.8 Å². The highest BCUT2D eigenvalue weighted by Gasteiger charge is 2.60. The zero-order chi connectivity index (χ0) is 25.6. The first kappa shape index (κ1) is 25.9. The molecular weight excluding hydrogens is 474 g/mol. The van der Waals surface area contributed by atoms with Crippen LogP contribution >= 0.6 is 11.8 Å². The van der Waals surface area contributed by atoms with Gasteiger partial charge in [0.2, 0.25) is 11.8 Å². The Morgan fingerprint density at radius 1 is 1.34 bits per heavy atom. The second kappa shape index (κ2) is 10.1. The van der Waals surface area contributed by atoms with Gasteiger partial charge in [-0.1, -0.05) is 6.92 Å². The molecule has 0 radical (unpaired) electrons. The monoisotopic (exact) mass is 509 g/mol. The Labute approximate surface area is 208 Å². The third-order valence-corrected chi connectivity index (χ3v) is 9.13. The summed E-state index contributed by atoms with van der Waals surface area (Å²) >= 11 is 1.42. The Morgan fingerprint density at radius 2 is 2.06 bits per heavy atom. The highest BCUT2D eigenvalue weighted by molar-refractivity contribution is 8.03. The maximum atomic E-state index is 12.5. The van der Waals surface area contributed by atoms with Gasteiger partial charge in [-0.3, -0.25) is 15.0 Å². The number of carbonyl (C=O) groups is 3. The molecule has 0 aromatic heterocycles. The normalized spacial score (nSPS) is 34.0. The van der Waals surface area contributed by atoms with Gasteiger partial charge in [-0.15, -0.1) is 11.8 Å². The molecule has 6 N–H and O–H groups in total. The van der Waals surface area contributed by atoms with Gasteiger partial charge >= 0.3 is 5.97 Å². The van der Waals surface area contributed by atoms with Crippen molar-refractivity contribution >= 4 is 35.4 Å². The van der Waals surface area contributed by atoms with Crippen LogP contribution in [0.15, 0.2) is 10.6 Å². The number of rotatable bonds is 8. The summed E-state index contributed by atoms with van der Waals surface area (Å²) < 4.78 is 0. The van der Waals surface area contributed by atoms with E-state index in [4.69, 9.17) is 5.41 Å². The predicted molar refractivity (Wildman–Crippen MR) is 130 cm³/mol. The largest absolute Gasteiger partial charge is 0.477 e. The van der Waals surface area contributed by atoms with Crippen molar-refractivity contribution in [3.05, 3.63) is 10.6 Å². The van der Waals surface area contributed by atoms with E-state index >= 15 is 0 Å². The van der Waals surface area contributed by atoms with Crippen LogP contribution in [0.5, 0.6) is 0 Å². The van der Waals surface area contributed by atoms with Crippen molar-refractivity contribution in [1.82, 2.24) is 20.4 Å². The Morgan fingerprint density at radius 3 is 2.66 bits per heavy atom. The van der Waals surface area contributed by atoms with E-state index in [-0.39, 0.29) is 53.2 Å².